The van der Waals surface area contributed by atoms with Crippen molar-refractivity contribution >= 4 is 6.03 Å². The van der Waals surface area contributed by atoms with Gasteiger partial charge in [-0.15, -0.1) is 0 Å². The van der Waals surface area contributed by atoms with Gasteiger partial charge in [0.2, 0.25) is 0 Å². The van der Waals surface area contributed by atoms with E-state index in [-0.39, 0.29) is 18.7 Å². The second-order valence-electron chi connectivity index (χ2n) is 6.55. The van der Waals surface area contributed by atoms with Gasteiger partial charge in [-0.1, -0.05) is 5.16 Å². The van der Waals surface area contributed by atoms with E-state index in [1.807, 2.05) is 24.7 Å². The number of amides is 2. The average Bonchev–Trinajstić information content (AvgIpc) is 3.14. The van der Waals surface area contributed by atoms with Crippen LogP contribution in [0.2, 0.25) is 0 Å². The summed E-state index contributed by atoms with van der Waals surface area (Å²) in [6, 6.07) is -0.177. The van der Waals surface area contributed by atoms with Crippen LogP contribution in [-0.4, -0.2) is 44.6 Å². The molecule has 2 aromatic heterocycles. The lowest BCUT2D eigenvalue weighted by Crippen LogP contribution is -2.40. The molecule has 1 aliphatic rings. The van der Waals surface area contributed by atoms with Gasteiger partial charge in [0.15, 0.2) is 0 Å². The highest BCUT2D eigenvalue weighted by Gasteiger charge is 2.26. The Bertz CT molecular complexity index is 732. The lowest BCUT2D eigenvalue weighted by Gasteiger charge is -2.27. The molecule has 1 aliphatic carbocycles. The number of aliphatic hydroxyl groups is 1. The highest BCUT2D eigenvalue weighted by molar-refractivity contribution is 5.74. The van der Waals surface area contributed by atoms with Crippen LogP contribution in [0.4, 0.5) is 4.79 Å². The standard InChI is InChI=1S/C17H25N5O3/c1-11-14(12(2)25-20-11)10-21(3)17(24)19-15-5-4-6-16-13(15)9-18-22(16)7-8-23/h9,15,23H,4-8,10H2,1-3H3,(H,19,24)/t15-/m1/s1. The third-order valence-corrected chi connectivity index (χ3v) is 4.80. The van der Waals surface area contributed by atoms with Gasteiger partial charge in [0, 0.05) is 23.9 Å². The fourth-order valence-electron chi connectivity index (χ4n) is 3.35. The van der Waals surface area contributed by atoms with Crippen molar-refractivity contribution in [1.82, 2.24) is 25.2 Å². The molecule has 0 spiro atoms. The summed E-state index contributed by atoms with van der Waals surface area (Å²) in [4.78, 5) is 14.2. The Balaban J connectivity index is 1.68. The molecule has 8 heteroatoms. The van der Waals surface area contributed by atoms with E-state index >= 15 is 0 Å². The van der Waals surface area contributed by atoms with Gasteiger partial charge in [-0.25, -0.2) is 4.79 Å². The predicted molar refractivity (Wildman–Crippen MR) is 91.0 cm³/mol. The molecule has 0 aliphatic heterocycles. The number of hydrogen-bond acceptors (Lipinski definition) is 5. The summed E-state index contributed by atoms with van der Waals surface area (Å²) >= 11 is 0. The first-order valence-electron chi connectivity index (χ1n) is 8.60. The second-order valence-corrected chi connectivity index (χ2v) is 6.55. The van der Waals surface area contributed by atoms with Gasteiger partial charge < -0.3 is 19.8 Å². The van der Waals surface area contributed by atoms with Crippen LogP contribution in [0, 0.1) is 13.8 Å². The van der Waals surface area contributed by atoms with Crippen LogP contribution in [0.25, 0.3) is 0 Å². The summed E-state index contributed by atoms with van der Waals surface area (Å²) < 4.78 is 6.99. The van der Waals surface area contributed by atoms with Crippen molar-refractivity contribution in [2.45, 2.75) is 52.2 Å². The fraction of sp³-hybridized carbons (Fsp3) is 0.588. The maximum atomic E-state index is 12.6. The molecular weight excluding hydrogens is 322 g/mol. The van der Waals surface area contributed by atoms with Crippen LogP contribution < -0.4 is 5.32 Å². The number of urea groups is 1. The summed E-state index contributed by atoms with van der Waals surface area (Å²) in [7, 11) is 1.76. The topological polar surface area (TPSA) is 96.4 Å². The Morgan fingerprint density at radius 2 is 2.32 bits per heavy atom. The van der Waals surface area contributed by atoms with Crippen LogP contribution >= 0.6 is 0 Å². The number of carbonyl (C=O) groups excluding carboxylic acids is 1. The van der Waals surface area contributed by atoms with E-state index in [4.69, 9.17) is 9.63 Å². The molecule has 8 nitrogen and oxygen atoms in total. The summed E-state index contributed by atoms with van der Waals surface area (Å²) in [5.74, 6) is 0.738. The molecule has 1 atom stereocenters. The van der Waals surface area contributed by atoms with Gasteiger partial charge >= 0.3 is 6.03 Å². The molecule has 0 bridgehead atoms. The van der Waals surface area contributed by atoms with Crippen molar-refractivity contribution in [2.75, 3.05) is 13.7 Å². The number of aliphatic hydroxyl groups excluding tert-OH is 1. The van der Waals surface area contributed by atoms with Gasteiger partial charge in [0.25, 0.3) is 0 Å². The zero-order valence-corrected chi connectivity index (χ0v) is 14.9. The Hall–Kier alpha value is -2.35. The van der Waals surface area contributed by atoms with Gasteiger partial charge in [-0.3, -0.25) is 4.68 Å². The van der Waals surface area contributed by atoms with Gasteiger partial charge in [-0.05, 0) is 33.1 Å². The molecule has 0 fully saturated rings. The van der Waals surface area contributed by atoms with Gasteiger partial charge in [0.05, 0.1) is 37.6 Å². The van der Waals surface area contributed by atoms with Gasteiger partial charge in [-0.2, -0.15) is 5.10 Å². The fourth-order valence-corrected chi connectivity index (χ4v) is 3.35. The van der Waals surface area contributed by atoms with Crippen LogP contribution in [-0.2, 0) is 19.5 Å². The zero-order valence-electron chi connectivity index (χ0n) is 14.9. The van der Waals surface area contributed by atoms with Crippen LogP contribution in [0.1, 0.15) is 47.2 Å². The molecule has 25 heavy (non-hydrogen) atoms. The quantitative estimate of drug-likeness (QED) is 0.858. The van der Waals surface area contributed by atoms with E-state index in [1.165, 1.54) is 0 Å². The Morgan fingerprint density at radius 3 is 3.00 bits per heavy atom. The summed E-state index contributed by atoms with van der Waals surface area (Å²) in [6.45, 7) is 4.73. The number of nitrogens with zero attached hydrogens (tertiary/aromatic N) is 4. The third-order valence-electron chi connectivity index (χ3n) is 4.80. The maximum absolute atomic E-state index is 12.6. The first-order valence-corrected chi connectivity index (χ1v) is 8.60. The van der Waals surface area contributed by atoms with Crippen molar-refractivity contribution in [3.8, 4) is 0 Å². The molecule has 2 heterocycles. The van der Waals surface area contributed by atoms with E-state index in [1.54, 1.807) is 11.9 Å². The largest absolute Gasteiger partial charge is 0.394 e. The number of carbonyl (C=O) groups is 1. The highest BCUT2D eigenvalue weighted by Crippen LogP contribution is 2.29. The minimum absolute atomic E-state index is 0.0455. The Labute approximate surface area is 146 Å². The van der Waals surface area contributed by atoms with E-state index in [2.05, 4.69) is 15.6 Å². The molecule has 0 saturated carbocycles. The number of aromatic nitrogens is 3. The lowest BCUT2D eigenvalue weighted by atomic mass is 9.93. The second kappa shape index (κ2) is 7.26. The van der Waals surface area contributed by atoms with E-state index < -0.39 is 0 Å². The Morgan fingerprint density at radius 1 is 1.52 bits per heavy atom. The minimum atomic E-state index is -0.132. The number of fused-ring (bicyclic) bond motifs is 1. The van der Waals surface area contributed by atoms with E-state index in [0.717, 1.165) is 47.5 Å². The summed E-state index contributed by atoms with van der Waals surface area (Å²) in [6.07, 6.45) is 4.62. The lowest BCUT2D eigenvalue weighted by molar-refractivity contribution is 0.200. The smallest absolute Gasteiger partial charge is 0.317 e. The number of hydrogen-bond donors (Lipinski definition) is 2. The van der Waals surface area contributed by atoms with Crippen molar-refractivity contribution in [1.29, 1.82) is 0 Å². The predicted octanol–water partition coefficient (Wildman–Crippen LogP) is 1.70. The number of rotatable bonds is 5. The molecule has 0 unspecified atom stereocenters. The van der Waals surface area contributed by atoms with E-state index in [0.29, 0.717) is 13.1 Å². The molecule has 2 amide bonds. The zero-order chi connectivity index (χ0) is 18.0. The minimum Gasteiger partial charge on any atom is -0.394 e. The first-order chi connectivity index (χ1) is 12.0. The van der Waals surface area contributed by atoms with E-state index in [9.17, 15) is 4.79 Å². The van der Waals surface area contributed by atoms with Gasteiger partial charge in [0.1, 0.15) is 5.76 Å². The monoisotopic (exact) mass is 347 g/mol. The molecule has 0 radical (unpaired) electrons. The van der Waals surface area contributed by atoms with Crippen molar-refractivity contribution < 1.29 is 14.4 Å². The van der Waals surface area contributed by atoms with Crippen molar-refractivity contribution in [2.24, 2.45) is 0 Å². The molecule has 0 saturated heterocycles. The molecule has 2 aromatic rings. The van der Waals surface area contributed by atoms with Crippen molar-refractivity contribution in [3.63, 3.8) is 0 Å². The normalized spacial score (nSPS) is 16.6. The molecule has 136 valence electrons. The summed E-state index contributed by atoms with van der Waals surface area (Å²) in [5.41, 5.74) is 3.91. The SMILES string of the molecule is Cc1noc(C)c1CN(C)C(=O)N[C@@H]1CCCc2c1cnn2CCO. The third kappa shape index (κ3) is 3.53. The van der Waals surface area contributed by atoms with Crippen LogP contribution in [0.5, 0.6) is 0 Å². The highest BCUT2D eigenvalue weighted by atomic mass is 16.5. The maximum Gasteiger partial charge on any atom is 0.317 e. The van der Waals surface area contributed by atoms with Crippen LogP contribution in [0.3, 0.4) is 0 Å². The Kier molecular flexibility index (Phi) is 5.08. The first kappa shape index (κ1) is 17.5. The van der Waals surface area contributed by atoms with Crippen molar-refractivity contribution in [3.05, 3.63) is 34.5 Å². The van der Waals surface area contributed by atoms with Crippen LogP contribution in [0.15, 0.2) is 10.7 Å². The molecule has 0 aromatic carbocycles. The summed E-state index contributed by atoms with van der Waals surface area (Å²) in [5, 5.41) is 20.5. The molecular formula is C17H25N5O3. The molecule has 3 rings (SSSR count). The average molecular weight is 347 g/mol. The number of nitrogens with one attached hydrogen (secondary N) is 1. The number of aryl methyl sites for hydroxylation is 2. The molecule has 2 N–H and O–H groups in total.